The molecule has 0 spiro atoms. The minimum Gasteiger partial charge on any atom is -0.254 e. The van der Waals surface area contributed by atoms with Gasteiger partial charge in [-0.2, -0.15) is 0 Å². The molecule has 184 valence electrons. The van der Waals surface area contributed by atoms with Gasteiger partial charge in [-0.05, 0) is 40.5 Å². The van der Waals surface area contributed by atoms with Crippen molar-refractivity contribution in [3.8, 4) is 33.6 Å². The first-order valence-electron chi connectivity index (χ1n) is 13.4. The molecule has 3 aromatic heterocycles. The number of fused-ring (bicyclic) bond motifs is 7. The highest BCUT2D eigenvalue weighted by Crippen LogP contribution is 2.53. The molecular weight excluding hydrogens is 474 g/mol. The molecule has 7 aromatic rings. The number of rotatable bonds is 2. The summed E-state index contributed by atoms with van der Waals surface area (Å²) in [6.07, 6.45) is 1.84. The summed E-state index contributed by atoms with van der Waals surface area (Å²) < 4.78 is 0. The second-order valence-electron chi connectivity index (χ2n) is 10.9. The summed E-state index contributed by atoms with van der Waals surface area (Å²) in [5.41, 5.74) is 12.2. The standard InChI is InChI=1S/C36H25N3/c1-36(2)28-11-5-3-9-26(28)35-32(36)31(27-10-4-6-12-30(27)39-35)23-15-13-22(14-16-23)29-20-19-25-18-17-24-8-7-21-37-33(24)34(25)38-29/h3-21H,1-2H3. The maximum Gasteiger partial charge on any atom is 0.0972 e. The first-order valence-corrected chi connectivity index (χ1v) is 13.4. The van der Waals surface area contributed by atoms with Gasteiger partial charge in [0.1, 0.15) is 0 Å². The second kappa shape index (κ2) is 8.05. The van der Waals surface area contributed by atoms with Crippen LogP contribution in [0.1, 0.15) is 25.0 Å². The summed E-state index contributed by atoms with van der Waals surface area (Å²) in [7, 11) is 0. The number of hydrogen-bond acceptors (Lipinski definition) is 3. The molecule has 0 atom stereocenters. The zero-order chi connectivity index (χ0) is 26.1. The molecule has 3 heteroatoms. The van der Waals surface area contributed by atoms with Crippen molar-refractivity contribution >= 4 is 32.7 Å². The fourth-order valence-corrected chi connectivity index (χ4v) is 6.38. The summed E-state index contributed by atoms with van der Waals surface area (Å²) in [5, 5.41) is 3.39. The van der Waals surface area contributed by atoms with Crippen molar-refractivity contribution in [2.24, 2.45) is 0 Å². The third kappa shape index (κ3) is 3.20. The van der Waals surface area contributed by atoms with Crippen LogP contribution >= 0.6 is 0 Å². The molecule has 4 aromatic carbocycles. The van der Waals surface area contributed by atoms with Gasteiger partial charge in [-0.1, -0.05) is 105 Å². The van der Waals surface area contributed by atoms with Crippen LogP contribution < -0.4 is 0 Å². The fourth-order valence-electron chi connectivity index (χ4n) is 6.38. The lowest BCUT2D eigenvalue weighted by Gasteiger charge is -2.25. The molecule has 3 nitrogen and oxygen atoms in total. The molecule has 0 N–H and O–H groups in total. The van der Waals surface area contributed by atoms with E-state index in [2.05, 4.69) is 122 Å². The predicted octanol–water partition coefficient (Wildman–Crippen LogP) is 8.97. The number of pyridine rings is 3. The lowest BCUT2D eigenvalue weighted by atomic mass is 9.78. The molecule has 39 heavy (non-hydrogen) atoms. The Morgan fingerprint density at radius 2 is 1.31 bits per heavy atom. The van der Waals surface area contributed by atoms with E-state index < -0.39 is 0 Å². The van der Waals surface area contributed by atoms with Gasteiger partial charge in [0.2, 0.25) is 0 Å². The van der Waals surface area contributed by atoms with Crippen LogP contribution in [-0.2, 0) is 5.41 Å². The minimum atomic E-state index is -0.148. The van der Waals surface area contributed by atoms with Crippen molar-refractivity contribution in [1.29, 1.82) is 0 Å². The lowest BCUT2D eigenvalue weighted by molar-refractivity contribution is 0.662. The molecule has 3 heterocycles. The van der Waals surface area contributed by atoms with Crippen LogP contribution in [0.15, 0.2) is 115 Å². The summed E-state index contributed by atoms with van der Waals surface area (Å²) in [4.78, 5) is 14.9. The number of aromatic nitrogens is 3. The molecule has 0 unspecified atom stereocenters. The Kier molecular flexibility index (Phi) is 4.57. The average molecular weight is 500 g/mol. The number of para-hydroxylation sites is 1. The minimum absolute atomic E-state index is 0.148. The molecule has 8 rings (SSSR count). The van der Waals surface area contributed by atoms with Crippen LogP contribution in [0.25, 0.3) is 66.4 Å². The number of hydrogen-bond donors (Lipinski definition) is 0. The highest BCUT2D eigenvalue weighted by Gasteiger charge is 2.39. The van der Waals surface area contributed by atoms with E-state index in [9.17, 15) is 0 Å². The maximum atomic E-state index is 5.18. The second-order valence-corrected chi connectivity index (χ2v) is 10.9. The van der Waals surface area contributed by atoms with Crippen LogP contribution in [0, 0.1) is 0 Å². The van der Waals surface area contributed by atoms with Crippen molar-refractivity contribution in [1.82, 2.24) is 15.0 Å². The fraction of sp³-hybridized carbons (Fsp3) is 0.0833. The van der Waals surface area contributed by atoms with E-state index in [1.54, 1.807) is 0 Å². The summed E-state index contributed by atoms with van der Waals surface area (Å²) in [6.45, 7) is 4.65. The van der Waals surface area contributed by atoms with E-state index in [1.165, 1.54) is 33.2 Å². The van der Waals surface area contributed by atoms with Crippen LogP contribution in [0.3, 0.4) is 0 Å². The highest BCUT2D eigenvalue weighted by atomic mass is 14.8. The molecular formula is C36H25N3. The van der Waals surface area contributed by atoms with Crippen LogP contribution in [-0.4, -0.2) is 15.0 Å². The molecule has 0 saturated heterocycles. The SMILES string of the molecule is CC1(C)c2ccccc2-c2nc3ccccc3c(-c3ccc(-c4ccc5ccc6cccnc6c5n4)cc3)c21. The molecule has 0 radical (unpaired) electrons. The van der Waals surface area contributed by atoms with E-state index in [0.717, 1.165) is 44.3 Å². The average Bonchev–Trinajstić information content (AvgIpc) is 3.22. The quantitative estimate of drug-likeness (QED) is 0.223. The Morgan fingerprint density at radius 1 is 0.590 bits per heavy atom. The zero-order valence-electron chi connectivity index (χ0n) is 21.8. The first kappa shape index (κ1) is 22.1. The number of benzene rings is 4. The normalized spacial score (nSPS) is 13.6. The largest absolute Gasteiger partial charge is 0.254 e. The number of nitrogens with zero attached hydrogens (tertiary/aromatic N) is 3. The van der Waals surface area contributed by atoms with E-state index in [4.69, 9.17) is 9.97 Å². The first-order chi connectivity index (χ1) is 19.1. The maximum absolute atomic E-state index is 5.18. The molecule has 0 saturated carbocycles. The van der Waals surface area contributed by atoms with Gasteiger partial charge >= 0.3 is 0 Å². The Labute approximate surface area is 226 Å². The Balaban J connectivity index is 1.31. The lowest BCUT2D eigenvalue weighted by Crippen LogP contribution is -2.16. The molecule has 1 aliphatic rings. The van der Waals surface area contributed by atoms with Crippen molar-refractivity contribution in [3.05, 3.63) is 127 Å². The van der Waals surface area contributed by atoms with Gasteiger partial charge < -0.3 is 0 Å². The third-order valence-corrected chi connectivity index (χ3v) is 8.27. The summed E-state index contributed by atoms with van der Waals surface area (Å²) in [6, 6.07) is 38.6. The van der Waals surface area contributed by atoms with Gasteiger partial charge in [0.15, 0.2) is 0 Å². The van der Waals surface area contributed by atoms with E-state index in [-0.39, 0.29) is 5.41 Å². The molecule has 0 bridgehead atoms. The Bertz CT molecular complexity index is 2090. The van der Waals surface area contributed by atoms with E-state index >= 15 is 0 Å². The molecule has 0 aliphatic heterocycles. The monoisotopic (exact) mass is 499 g/mol. The van der Waals surface area contributed by atoms with E-state index in [0.29, 0.717) is 0 Å². The smallest absolute Gasteiger partial charge is 0.0972 e. The summed E-state index contributed by atoms with van der Waals surface area (Å²) >= 11 is 0. The molecule has 1 aliphatic carbocycles. The van der Waals surface area contributed by atoms with Crippen LogP contribution in [0.2, 0.25) is 0 Å². The van der Waals surface area contributed by atoms with Crippen molar-refractivity contribution in [2.75, 3.05) is 0 Å². The predicted molar refractivity (Wildman–Crippen MR) is 161 cm³/mol. The van der Waals surface area contributed by atoms with Crippen LogP contribution in [0.4, 0.5) is 0 Å². The van der Waals surface area contributed by atoms with Gasteiger partial charge in [-0.15, -0.1) is 0 Å². The Morgan fingerprint density at radius 3 is 2.18 bits per heavy atom. The Hall–Kier alpha value is -4.89. The summed E-state index contributed by atoms with van der Waals surface area (Å²) in [5.74, 6) is 0. The van der Waals surface area contributed by atoms with Crippen molar-refractivity contribution in [2.45, 2.75) is 19.3 Å². The zero-order valence-corrected chi connectivity index (χ0v) is 21.8. The molecule has 0 fully saturated rings. The van der Waals surface area contributed by atoms with Gasteiger partial charge in [0.25, 0.3) is 0 Å². The van der Waals surface area contributed by atoms with Gasteiger partial charge in [0.05, 0.1) is 27.9 Å². The third-order valence-electron chi connectivity index (χ3n) is 8.27. The highest BCUT2D eigenvalue weighted by molar-refractivity contribution is 6.04. The van der Waals surface area contributed by atoms with Gasteiger partial charge in [0, 0.05) is 38.9 Å². The topological polar surface area (TPSA) is 38.7 Å². The van der Waals surface area contributed by atoms with E-state index in [1.807, 2.05) is 12.3 Å². The van der Waals surface area contributed by atoms with Gasteiger partial charge in [-0.3, -0.25) is 4.98 Å². The molecule has 0 amide bonds. The van der Waals surface area contributed by atoms with Crippen molar-refractivity contribution < 1.29 is 0 Å². The van der Waals surface area contributed by atoms with Crippen molar-refractivity contribution in [3.63, 3.8) is 0 Å². The van der Waals surface area contributed by atoms with Crippen LogP contribution in [0.5, 0.6) is 0 Å². The van der Waals surface area contributed by atoms with Gasteiger partial charge in [-0.25, -0.2) is 9.97 Å².